The molecule has 0 aliphatic carbocycles. The number of benzene rings is 2. The molecule has 0 spiro atoms. The molecular formula is C16H14FN3O3S2. The minimum atomic E-state index is -4.06. The molecule has 0 amide bonds. The molecule has 0 atom stereocenters. The number of sulfonamides is 1. The SMILES string of the molecule is COc1ccc(F)cc1S(=O)(=O)Nc1nnc(-c2ccc(C)cc2)s1. The van der Waals surface area contributed by atoms with Gasteiger partial charge in [0.25, 0.3) is 10.0 Å². The van der Waals surface area contributed by atoms with Crippen LogP contribution in [-0.2, 0) is 10.0 Å². The molecule has 9 heteroatoms. The number of nitrogens with zero attached hydrogens (tertiary/aromatic N) is 2. The van der Waals surface area contributed by atoms with E-state index in [9.17, 15) is 12.8 Å². The minimum absolute atomic E-state index is 0.0390. The second-order valence-corrected chi connectivity index (χ2v) is 7.81. The summed E-state index contributed by atoms with van der Waals surface area (Å²) in [4.78, 5) is -0.304. The molecule has 0 bridgehead atoms. The molecule has 1 aromatic heterocycles. The summed E-state index contributed by atoms with van der Waals surface area (Å²) in [5.41, 5.74) is 1.93. The van der Waals surface area contributed by atoms with Gasteiger partial charge in [-0.25, -0.2) is 12.8 Å². The van der Waals surface area contributed by atoms with Crippen LogP contribution in [0, 0.1) is 12.7 Å². The van der Waals surface area contributed by atoms with Gasteiger partial charge in [0.1, 0.15) is 21.5 Å². The molecule has 25 heavy (non-hydrogen) atoms. The maximum Gasteiger partial charge on any atom is 0.267 e. The highest BCUT2D eigenvalue weighted by Crippen LogP contribution is 2.30. The lowest BCUT2D eigenvalue weighted by Gasteiger charge is -2.09. The first-order valence-electron chi connectivity index (χ1n) is 7.16. The lowest BCUT2D eigenvalue weighted by atomic mass is 10.2. The zero-order valence-electron chi connectivity index (χ0n) is 13.4. The highest BCUT2D eigenvalue weighted by atomic mass is 32.2. The number of ether oxygens (including phenoxy) is 1. The third-order valence-electron chi connectivity index (χ3n) is 3.36. The molecule has 3 rings (SSSR count). The van der Waals surface area contributed by atoms with Gasteiger partial charge in [0, 0.05) is 5.56 Å². The summed E-state index contributed by atoms with van der Waals surface area (Å²) in [6, 6.07) is 10.9. The van der Waals surface area contributed by atoms with E-state index in [1.165, 1.54) is 13.2 Å². The Kier molecular flexibility index (Phi) is 4.69. The summed E-state index contributed by atoms with van der Waals surface area (Å²) < 4.78 is 45.7. The topological polar surface area (TPSA) is 81.2 Å². The van der Waals surface area contributed by atoms with Crippen LogP contribution < -0.4 is 9.46 Å². The van der Waals surface area contributed by atoms with Crippen LogP contribution >= 0.6 is 11.3 Å². The van der Waals surface area contributed by atoms with Crippen molar-refractivity contribution in [1.29, 1.82) is 0 Å². The lowest BCUT2D eigenvalue weighted by molar-refractivity contribution is 0.401. The minimum Gasteiger partial charge on any atom is -0.495 e. The number of hydrogen-bond acceptors (Lipinski definition) is 6. The molecule has 1 heterocycles. The average Bonchev–Trinajstić information content (AvgIpc) is 3.03. The van der Waals surface area contributed by atoms with E-state index in [4.69, 9.17) is 4.74 Å². The highest BCUT2D eigenvalue weighted by Gasteiger charge is 2.22. The number of anilines is 1. The second-order valence-electron chi connectivity index (χ2n) is 5.18. The van der Waals surface area contributed by atoms with Gasteiger partial charge in [-0.1, -0.05) is 41.2 Å². The largest absolute Gasteiger partial charge is 0.495 e. The van der Waals surface area contributed by atoms with E-state index in [2.05, 4.69) is 14.9 Å². The van der Waals surface area contributed by atoms with Gasteiger partial charge >= 0.3 is 0 Å². The first kappa shape index (κ1) is 17.3. The van der Waals surface area contributed by atoms with E-state index in [-0.39, 0.29) is 15.8 Å². The number of aromatic nitrogens is 2. The number of rotatable bonds is 5. The molecule has 3 aromatic rings. The zero-order valence-corrected chi connectivity index (χ0v) is 15.0. The van der Waals surface area contributed by atoms with Crippen molar-refractivity contribution in [2.75, 3.05) is 11.8 Å². The Morgan fingerprint density at radius 2 is 1.84 bits per heavy atom. The number of methoxy groups -OCH3 is 1. The van der Waals surface area contributed by atoms with Crippen LogP contribution in [0.2, 0.25) is 0 Å². The Balaban J connectivity index is 1.90. The van der Waals surface area contributed by atoms with Gasteiger partial charge in [0.15, 0.2) is 0 Å². The van der Waals surface area contributed by atoms with Crippen LogP contribution in [0.5, 0.6) is 5.75 Å². The molecule has 0 aliphatic heterocycles. The Labute approximate surface area is 148 Å². The van der Waals surface area contributed by atoms with Crippen molar-refractivity contribution < 1.29 is 17.5 Å². The first-order valence-corrected chi connectivity index (χ1v) is 9.46. The predicted octanol–water partition coefficient (Wildman–Crippen LogP) is 3.46. The van der Waals surface area contributed by atoms with Gasteiger partial charge in [0.2, 0.25) is 5.13 Å². The van der Waals surface area contributed by atoms with Gasteiger partial charge in [-0.15, -0.1) is 10.2 Å². The van der Waals surface area contributed by atoms with Crippen LogP contribution in [0.15, 0.2) is 47.4 Å². The summed E-state index contributed by atoms with van der Waals surface area (Å²) in [6.07, 6.45) is 0. The first-order chi connectivity index (χ1) is 11.9. The van der Waals surface area contributed by atoms with Crippen molar-refractivity contribution in [3.63, 3.8) is 0 Å². The van der Waals surface area contributed by atoms with Crippen molar-refractivity contribution in [3.05, 3.63) is 53.8 Å². The number of hydrogen-bond donors (Lipinski definition) is 1. The summed E-state index contributed by atoms with van der Waals surface area (Å²) in [5.74, 6) is -0.643. The van der Waals surface area contributed by atoms with Crippen molar-refractivity contribution >= 4 is 26.5 Å². The predicted molar refractivity (Wildman–Crippen MR) is 93.8 cm³/mol. The quantitative estimate of drug-likeness (QED) is 0.734. The number of nitrogens with one attached hydrogen (secondary N) is 1. The third kappa shape index (κ3) is 3.77. The van der Waals surface area contributed by atoms with Gasteiger partial charge in [0.05, 0.1) is 7.11 Å². The van der Waals surface area contributed by atoms with Crippen LogP contribution in [0.4, 0.5) is 9.52 Å². The van der Waals surface area contributed by atoms with Gasteiger partial charge in [-0.2, -0.15) is 0 Å². The Morgan fingerprint density at radius 1 is 1.12 bits per heavy atom. The van der Waals surface area contributed by atoms with Gasteiger partial charge in [-0.05, 0) is 25.1 Å². The van der Waals surface area contributed by atoms with Crippen LogP contribution in [0.25, 0.3) is 10.6 Å². The van der Waals surface area contributed by atoms with Crippen molar-refractivity contribution in [3.8, 4) is 16.3 Å². The van der Waals surface area contributed by atoms with E-state index in [0.717, 1.165) is 34.6 Å². The van der Waals surface area contributed by atoms with E-state index < -0.39 is 15.8 Å². The Morgan fingerprint density at radius 3 is 2.52 bits per heavy atom. The summed E-state index contributed by atoms with van der Waals surface area (Å²) in [6.45, 7) is 1.97. The van der Waals surface area contributed by atoms with Crippen LogP contribution in [0.3, 0.4) is 0 Å². The van der Waals surface area contributed by atoms with Crippen molar-refractivity contribution in [2.45, 2.75) is 11.8 Å². The molecule has 0 aliphatic rings. The average molecular weight is 379 g/mol. The summed E-state index contributed by atoms with van der Waals surface area (Å²) in [7, 11) is -2.75. The molecule has 0 fully saturated rings. The summed E-state index contributed by atoms with van der Waals surface area (Å²) >= 11 is 1.08. The lowest BCUT2D eigenvalue weighted by Crippen LogP contribution is -2.14. The molecular weight excluding hydrogens is 365 g/mol. The van der Waals surface area contributed by atoms with E-state index in [0.29, 0.717) is 5.01 Å². The zero-order chi connectivity index (χ0) is 18.0. The van der Waals surface area contributed by atoms with E-state index in [1.54, 1.807) is 0 Å². The molecule has 0 saturated carbocycles. The van der Waals surface area contributed by atoms with Crippen LogP contribution in [-0.4, -0.2) is 25.7 Å². The second kappa shape index (κ2) is 6.77. The van der Waals surface area contributed by atoms with E-state index >= 15 is 0 Å². The standard InChI is InChI=1S/C16H14FN3O3S2/c1-10-3-5-11(6-4-10)15-18-19-16(24-15)20-25(21,22)14-9-12(17)7-8-13(14)23-2/h3-9H,1-2H3,(H,19,20). The fourth-order valence-electron chi connectivity index (χ4n) is 2.11. The van der Waals surface area contributed by atoms with Crippen molar-refractivity contribution in [1.82, 2.24) is 10.2 Å². The fraction of sp³-hybridized carbons (Fsp3) is 0.125. The smallest absolute Gasteiger partial charge is 0.267 e. The van der Waals surface area contributed by atoms with Crippen LogP contribution in [0.1, 0.15) is 5.56 Å². The number of aryl methyl sites for hydroxylation is 1. The normalized spacial score (nSPS) is 11.3. The maximum absolute atomic E-state index is 13.4. The molecule has 2 aromatic carbocycles. The van der Waals surface area contributed by atoms with Crippen molar-refractivity contribution in [2.24, 2.45) is 0 Å². The van der Waals surface area contributed by atoms with E-state index in [1.807, 2.05) is 31.2 Å². The molecule has 6 nitrogen and oxygen atoms in total. The Hall–Kier alpha value is -2.52. The number of halogens is 1. The molecule has 1 N–H and O–H groups in total. The third-order valence-corrected chi connectivity index (χ3v) is 5.74. The molecule has 0 radical (unpaired) electrons. The molecule has 130 valence electrons. The molecule has 0 saturated heterocycles. The monoisotopic (exact) mass is 379 g/mol. The summed E-state index contributed by atoms with van der Waals surface area (Å²) in [5, 5.41) is 8.50. The highest BCUT2D eigenvalue weighted by molar-refractivity contribution is 7.93. The molecule has 0 unspecified atom stereocenters. The van der Waals surface area contributed by atoms with Gasteiger partial charge in [-0.3, -0.25) is 4.72 Å². The van der Waals surface area contributed by atoms with Gasteiger partial charge < -0.3 is 4.74 Å². The maximum atomic E-state index is 13.4. The fourth-order valence-corrected chi connectivity index (χ4v) is 4.27. The Bertz CT molecular complexity index is 1000.